The van der Waals surface area contributed by atoms with Crippen molar-refractivity contribution in [2.75, 3.05) is 24.6 Å². The highest BCUT2D eigenvalue weighted by Crippen LogP contribution is 2.12. The van der Waals surface area contributed by atoms with E-state index in [-0.39, 0.29) is 11.8 Å². The second-order valence-corrected chi connectivity index (χ2v) is 5.17. The molecule has 1 fully saturated rings. The SMILES string of the molecule is NC(=O)CSCCC(=O)N1CCCCCC1. The third kappa shape index (κ3) is 5.39. The van der Waals surface area contributed by atoms with Gasteiger partial charge in [0.15, 0.2) is 0 Å². The summed E-state index contributed by atoms with van der Waals surface area (Å²) in [5, 5.41) is 0. The molecule has 0 aromatic rings. The van der Waals surface area contributed by atoms with Gasteiger partial charge in [-0.15, -0.1) is 0 Å². The summed E-state index contributed by atoms with van der Waals surface area (Å²) in [6.45, 7) is 1.80. The monoisotopic (exact) mass is 244 g/mol. The van der Waals surface area contributed by atoms with Gasteiger partial charge in [0.1, 0.15) is 0 Å². The van der Waals surface area contributed by atoms with Crippen LogP contribution in [0.4, 0.5) is 0 Å². The van der Waals surface area contributed by atoms with Crippen LogP contribution in [-0.4, -0.2) is 41.3 Å². The molecule has 1 saturated heterocycles. The van der Waals surface area contributed by atoms with Crippen LogP contribution in [-0.2, 0) is 9.59 Å². The third-order valence-electron chi connectivity index (χ3n) is 2.66. The fourth-order valence-corrected chi connectivity index (χ4v) is 2.47. The molecule has 5 heteroatoms. The highest BCUT2D eigenvalue weighted by atomic mass is 32.2. The predicted molar refractivity (Wildman–Crippen MR) is 66.2 cm³/mol. The molecule has 4 nitrogen and oxygen atoms in total. The van der Waals surface area contributed by atoms with Crippen molar-refractivity contribution in [3.8, 4) is 0 Å². The highest BCUT2D eigenvalue weighted by Gasteiger charge is 2.14. The van der Waals surface area contributed by atoms with Crippen molar-refractivity contribution in [3.05, 3.63) is 0 Å². The molecule has 1 aliphatic heterocycles. The summed E-state index contributed by atoms with van der Waals surface area (Å²) in [5.41, 5.74) is 5.02. The average Bonchev–Trinajstić information content (AvgIpc) is 2.52. The van der Waals surface area contributed by atoms with Gasteiger partial charge in [0, 0.05) is 25.3 Å². The van der Waals surface area contributed by atoms with Crippen LogP contribution in [0.2, 0.25) is 0 Å². The number of primary amides is 1. The molecule has 16 heavy (non-hydrogen) atoms. The first-order valence-electron chi connectivity index (χ1n) is 5.84. The first-order chi connectivity index (χ1) is 7.70. The van der Waals surface area contributed by atoms with E-state index in [1.165, 1.54) is 24.6 Å². The van der Waals surface area contributed by atoms with E-state index in [4.69, 9.17) is 5.73 Å². The first-order valence-corrected chi connectivity index (χ1v) is 6.99. The maximum Gasteiger partial charge on any atom is 0.227 e. The minimum atomic E-state index is -0.313. The number of nitrogens with two attached hydrogens (primary N) is 1. The topological polar surface area (TPSA) is 63.4 Å². The number of amides is 2. The molecule has 0 radical (unpaired) electrons. The van der Waals surface area contributed by atoms with E-state index < -0.39 is 0 Å². The van der Waals surface area contributed by atoms with Crippen molar-refractivity contribution in [2.24, 2.45) is 5.73 Å². The Bertz CT molecular complexity index is 238. The van der Waals surface area contributed by atoms with Crippen molar-refractivity contribution in [1.82, 2.24) is 4.90 Å². The lowest BCUT2D eigenvalue weighted by Crippen LogP contribution is -2.32. The molecule has 0 bridgehead atoms. The number of carbonyl (C=O) groups is 2. The molecule has 92 valence electrons. The van der Waals surface area contributed by atoms with Gasteiger partial charge in [-0.1, -0.05) is 12.8 Å². The Balaban J connectivity index is 2.15. The molecule has 0 atom stereocenters. The molecule has 1 rings (SSSR count). The van der Waals surface area contributed by atoms with E-state index in [9.17, 15) is 9.59 Å². The number of likely N-dealkylation sites (tertiary alicyclic amines) is 1. The summed E-state index contributed by atoms with van der Waals surface area (Å²) in [6.07, 6.45) is 5.25. The number of hydrogen-bond acceptors (Lipinski definition) is 3. The Hall–Kier alpha value is -0.710. The van der Waals surface area contributed by atoms with Gasteiger partial charge in [0.2, 0.25) is 11.8 Å². The molecule has 0 saturated carbocycles. The number of rotatable bonds is 5. The molecule has 0 aromatic carbocycles. The summed E-state index contributed by atoms with van der Waals surface area (Å²) in [6, 6.07) is 0. The largest absolute Gasteiger partial charge is 0.369 e. The van der Waals surface area contributed by atoms with Crippen molar-refractivity contribution < 1.29 is 9.59 Å². The van der Waals surface area contributed by atoms with Crippen molar-refractivity contribution in [2.45, 2.75) is 32.1 Å². The Kier molecular flexibility index (Phi) is 6.30. The Labute approximate surface area is 101 Å². The lowest BCUT2D eigenvalue weighted by atomic mass is 10.2. The van der Waals surface area contributed by atoms with Gasteiger partial charge >= 0.3 is 0 Å². The van der Waals surface area contributed by atoms with Gasteiger partial charge in [-0.25, -0.2) is 0 Å². The van der Waals surface area contributed by atoms with E-state index in [1.807, 2.05) is 4.90 Å². The minimum Gasteiger partial charge on any atom is -0.369 e. The zero-order valence-corrected chi connectivity index (χ0v) is 10.4. The van der Waals surface area contributed by atoms with Crippen molar-refractivity contribution in [1.29, 1.82) is 0 Å². The quantitative estimate of drug-likeness (QED) is 0.734. The van der Waals surface area contributed by atoms with Crippen LogP contribution >= 0.6 is 11.8 Å². The van der Waals surface area contributed by atoms with Crippen LogP contribution in [0.5, 0.6) is 0 Å². The molecule has 0 unspecified atom stereocenters. The second kappa shape index (κ2) is 7.54. The molecule has 0 aromatic heterocycles. The Morgan fingerprint density at radius 1 is 1.12 bits per heavy atom. The second-order valence-electron chi connectivity index (χ2n) is 4.06. The summed E-state index contributed by atoms with van der Waals surface area (Å²) in [7, 11) is 0. The first kappa shape index (κ1) is 13.4. The maximum absolute atomic E-state index is 11.8. The maximum atomic E-state index is 11.8. The third-order valence-corrected chi connectivity index (χ3v) is 3.64. The molecule has 2 amide bonds. The van der Waals surface area contributed by atoms with Crippen molar-refractivity contribution >= 4 is 23.6 Å². The number of nitrogens with zero attached hydrogens (tertiary/aromatic N) is 1. The zero-order chi connectivity index (χ0) is 11.8. The van der Waals surface area contributed by atoms with Gasteiger partial charge in [-0.2, -0.15) is 11.8 Å². The van der Waals surface area contributed by atoms with E-state index in [0.717, 1.165) is 25.9 Å². The zero-order valence-electron chi connectivity index (χ0n) is 9.61. The van der Waals surface area contributed by atoms with Crippen LogP contribution in [0.15, 0.2) is 0 Å². The minimum absolute atomic E-state index is 0.221. The fourth-order valence-electron chi connectivity index (χ4n) is 1.81. The normalized spacial score (nSPS) is 16.9. The van der Waals surface area contributed by atoms with Crippen molar-refractivity contribution in [3.63, 3.8) is 0 Å². The molecule has 0 spiro atoms. The van der Waals surface area contributed by atoms with Crippen LogP contribution in [0.25, 0.3) is 0 Å². The van der Waals surface area contributed by atoms with E-state index >= 15 is 0 Å². The van der Waals surface area contributed by atoms with Gasteiger partial charge in [0.25, 0.3) is 0 Å². The standard InChI is InChI=1S/C11H20N2O2S/c12-10(14)9-16-8-5-11(15)13-6-3-1-2-4-7-13/h1-9H2,(H2,12,14). The molecular formula is C11H20N2O2S. The summed E-state index contributed by atoms with van der Waals surface area (Å²) < 4.78 is 0. The van der Waals surface area contributed by atoms with Gasteiger partial charge in [-0.3, -0.25) is 9.59 Å². The van der Waals surface area contributed by atoms with Crippen LogP contribution < -0.4 is 5.73 Å². The lowest BCUT2D eigenvalue weighted by molar-refractivity contribution is -0.130. The average molecular weight is 244 g/mol. The summed E-state index contributed by atoms with van der Waals surface area (Å²) in [4.78, 5) is 24.2. The highest BCUT2D eigenvalue weighted by molar-refractivity contribution is 7.99. The summed E-state index contributed by atoms with van der Waals surface area (Å²) >= 11 is 1.44. The summed E-state index contributed by atoms with van der Waals surface area (Å²) in [5.74, 6) is 0.914. The lowest BCUT2D eigenvalue weighted by Gasteiger charge is -2.19. The molecule has 1 heterocycles. The molecule has 0 aliphatic carbocycles. The predicted octanol–water partition coefficient (Wildman–Crippen LogP) is 0.998. The van der Waals surface area contributed by atoms with Crippen LogP contribution in [0.1, 0.15) is 32.1 Å². The van der Waals surface area contributed by atoms with Gasteiger partial charge in [0.05, 0.1) is 5.75 Å². The number of carbonyl (C=O) groups excluding carboxylic acids is 2. The smallest absolute Gasteiger partial charge is 0.227 e. The Morgan fingerprint density at radius 2 is 1.75 bits per heavy atom. The molecular weight excluding hydrogens is 224 g/mol. The molecule has 2 N–H and O–H groups in total. The molecule has 1 aliphatic rings. The number of thioether (sulfide) groups is 1. The fraction of sp³-hybridized carbons (Fsp3) is 0.818. The van der Waals surface area contributed by atoms with E-state index in [0.29, 0.717) is 17.9 Å². The van der Waals surface area contributed by atoms with E-state index in [1.54, 1.807) is 0 Å². The van der Waals surface area contributed by atoms with Gasteiger partial charge in [-0.05, 0) is 12.8 Å². The van der Waals surface area contributed by atoms with Crippen LogP contribution in [0, 0.1) is 0 Å². The van der Waals surface area contributed by atoms with Gasteiger partial charge < -0.3 is 10.6 Å². The van der Waals surface area contributed by atoms with E-state index in [2.05, 4.69) is 0 Å². The Morgan fingerprint density at radius 3 is 2.31 bits per heavy atom. The van der Waals surface area contributed by atoms with Crippen LogP contribution in [0.3, 0.4) is 0 Å². The number of hydrogen-bond donors (Lipinski definition) is 1.